The van der Waals surface area contributed by atoms with Crippen molar-refractivity contribution in [2.24, 2.45) is 28.6 Å². The van der Waals surface area contributed by atoms with Crippen molar-refractivity contribution in [3.05, 3.63) is 41.2 Å². The zero-order chi connectivity index (χ0) is 32.8. The third kappa shape index (κ3) is 8.92. The Labute approximate surface area is 279 Å². The first-order valence-electron chi connectivity index (χ1n) is 18.6. The molecule has 1 radical (unpaired) electrons. The van der Waals surface area contributed by atoms with Gasteiger partial charge in [0.1, 0.15) is 0 Å². The number of nitrogens with zero attached hydrogens (tertiary/aromatic N) is 1. The van der Waals surface area contributed by atoms with Gasteiger partial charge in [-0.2, -0.15) is 0 Å². The van der Waals surface area contributed by atoms with Crippen LogP contribution in [0.15, 0.2) is 35.7 Å². The maximum Gasteiger partial charge on any atom is 0.220 e. The van der Waals surface area contributed by atoms with E-state index in [4.69, 9.17) is 4.43 Å². The van der Waals surface area contributed by atoms with Gasteiger partial charge in [-0.1, -0.05) is 91.9 Å². The first-order chi connectivity index (χ1) is 21.2. The van der Waals surface area contributed by atoms with E-state index in [1.807, 2.05) is 18.5 Å². The fourth-order valence-electron chi connectivity index (χ4n) is 10.0. The minimum absolute atomic E-state index is 0.198. The van der Waals surface area contributed by atoms with Gasteiger partial charge in [0.25, 0.3) is 0 Å². The van der Waals surface area contributed by atoms with Gasteiger partial charge in [-0.25, -0.2) is 0 Å². The topological polar surface area (TPSA) is 51.2 Å². The largest absolute Gasteiger partial charge is 0.412 e. The molecule has 2 saturated carbocycles. The average molecular weight is 636 g/mol. The molecule has 1 aromatic rings. The molecule has 0 spiro atoms. The first kappa shape index (κ1) is 36.4. The number of pyridine rings is 1. The second-order valence-corrected chi connectivity index (χ2v) is 20.8. The highest BCUT2D eigenvalue weighted by molar-refractivity contribution is 6.56. The van der Waals surface area contributed by atoms with Crippen LogP contribution < -0.4 is 5.32 Å². The molecule has 253 valence electrons. The van der Waals surface area contributed by atoms with Crippen LogP contribution in [0.2, 0.25) is 10.6 Å². The molecule has 1 aromatic heterocycles. The zero-order valence-electron chi connectivity index (χ0n) is 30.6. The summed E-state index contributed by atoms with van der Waals surface area (Å²) in [6.07, 6.45) is 20.5. The predicted octanol–water partition coefficient (Wildman–Crippen LogP) is 10.6. The lowest BCUT2D eigenvalue weighted by molar-refractivity contribution is -0.144. The Hall–Kier alpha value is -1.46. The van der Waals surface area contributed by atoms with E-state index in [2.05, 4.69) is 78.7 Å². The Morgan fingerprint density at radius 2 is 1.78 bits per heavy atom. The first-order valence-corrected chi connectivity index (χ1v) is 20.1. The van der Waals surface area contributed by atoms with Crippen molar-refractivity contribution in [3.63, 3.8) is 0 Å². The number of unbranched alkanes of at least 4 members (excludes halogenated alkanes) is 4. The van der Waals surface area contributed by atoms with Crippen LogP contribution in [-0.4, -0.2) is 32.6 Å². The van der Waals surface area contributed by atoms with Crippen molar-refractivity contribution in [2.45, 2.75) is 169 Å². The normalized spacial score (nSPS) is 28.2. The van der Waals surface area contributed by atoms with Crippen molar-refractivity contribution in [3.8, 4) is 0 Å². The highest BCUT2D eigenvalue weighted by Crippen LogP contribution is 2.65. The van der Waals surface area contributed by atoms with Crippen LogP contribution in [0.4, 0.5) is 0 Å². The number of aromatic nitrogens is 1. The van der Waals surface area contributed by atoms with E-state index >= 15 is 0 Å². The molecule has 5 heteroatoms. The van der Waals surface area contributed by atoms with Gasteiger partial charge in [0.15, 0.2) is 0 Å². The van der Waals surface area contributed by atoms with Crippen molar-refractivity contribution in [1.29, 1.82) is 0 Å². The predicted molar refractivity (Wildman–Crippen MR) is 191 cm³/mol. The molecule has 0 aromatic carbocycles. The zero-order valence-corrected chi connectivity index (χ0v) is 31.6. The number of hydrogen-bond acceptors (Lipinski definition) is 3. The Morgan fingerprint density at radius 3 is 2.47 bits per heavy atom. The summed E-state index contributed by atoms with van der Waals surface area (Å²) in [4.78, 5) is 17.1. The fourth-order valence-corrected chi connectivity index (χ4v) is 13.1. The van der Waals surface area contributed by atoms with Gasteiger partial charge < -0.3 is 9.74 Å². The molecule has 4 rings (SSSR count). The molecular weight excluding hydrogens is 569 g/mol. The van der Waals surface area contributed by atoms with Gasteiger partial charge in [0.05, 0.1) is 6.10 Å². The minimum atomic E-state index is -0.928. The monoisotopic (exact) mass is 635 g/mol. The van der Waals surface area contributed by atoms with E-state index in [0.29, 0.717) is 35.3 Å². The molecular formula is C40H67N2O2Si. The fraction of sp³-hybridized carbons (Fsp3) is 0.800. The summed E-state index contributed by atoms with van der Waals surface area (Å²) >= 11 is 0. The molecule has 5 atom stereocenters. The summed E-state index contributed by atoms with van der Waals surface area (Å²) in [6, 6.07) is 4.18. The molecule has 0 bridgehead atoms. The maximum absolute atomic E-state index is 12.9. The summed E-state index contributed by atoms with van der Waals surface area (Å²) in [5.41, 5.74) is 5.75. The van der Waals surface area contributed by atoms with Gasteiger partial charge in [0.2, 0.25) is 14.9 Å². The molecule has 1 amide bonds. The number of rotatable bonds is 14. The molecule has 45 heavy (non-hydrogen) atoms. The molecule has 0 aliphatic heterocycles. The van der Waals surface area contributed by atoms with E-state index in [0.717, 1.165) is 31.7 Å². The number of hydrogen-bond donors (Lipinski definition) is 1. The third-order valence-corrected chi connectivity index (χ3v) is 15.3. The van der Waals surface area contributed by atoms with Gasteiger partial charge >= 0.3 is 0 Å². The van der Waals surface area contributed by atoms with Crippen LogP contribution in [0.1, 0.15) is 151 Å². The number of nitrogens with one attached hydrogen (secondary N) is 1. The SMILES string of the molecule is CC1=C(CCC(=O)NCCCCCCCc2cccnc2)C2CCC3C(C)(C)[C@@H](O[Si](C(C)C)C(C)(C)C)CC[C@]3(C)C2CC1. The van der Waals surface area contributed by atoms with E-state index in [-0.39, 0.29) is 16.4 Å². The summed E-state index contributed by atoms with van der Waals surface area (Å²) in [6.45, 7) is 22.8. The molecule has 1 N–H and O–H groups in total. The molecule has 1 heterocycles. The molecule has 2 fully saturated rings. The second kappa shape index (κ2) is 15.6. The van der Waals surface area contributed by atoms with E-state index in [1.165, 1.54) is 69.8 Å². The van der Waals surface area contributed by atoms with Gasteiger partial charge in [-0.15, -0.1) is 0 Å². The lowest BCUT2D eigenvalue weighted by Crippen LogP contribution is -2.58. The highest BCUT2D eigenvalue weighted by Gasteiger charge is 2.59. The Bertz CT molecular complexity index is 1120. The van der Waals surface area contributed by atoms with Crippen LogP contribution in [0.3, 0.4) is 0 Å². The Kier molecular flexibility index (Phi) is 12.6. The smallest absolute Gasteiger partial charge is 0.220 e. The summed E-state index contributed by atoms with van der Waals surface area (Å²) in [5, 5.41) is 3.50. The van der Waals surface area contributed by atoms with E-state index in [9.17, 15) is 4.79 Å². The lowest BCUT2D eigenvalue weighted by atomic mass is 9.43. The molecule has 3 aliphatic rings. The number of allylic oxidation sites excluding steroid dienone is 2. The average Bonchev–Trinajstić information content (AvgIpc) is 2.97. The van der Waals surface area contributed by atoms with Crippen LogP contribution in [0, 0.1) is 28.6 Å². The molecule has 0 saturated heterocycles. The van der Waals surface area contributed by atoms with Gasteiger partial charge in [-0.3, -0.25) is 9.78 Å². The number of amides is 1. The van der Waals surface area contributed by atoms with Crippen LogP contribution in [-0.2, 0) is 15.6 Å². The van der Waals surface area contributed by atoms with Gasteiger partial charge in [0, 0.05) is 25.4 Å². The van der Waals surface area contributed by atoms with Crippen LogP contribution >= 0.6 is 0 Å². The standard InChI is InChI=1S/C40H67N2O2Si/c1-29(2)45(38(4,5)6)44-36-24-25-40(9)34-21-18-30(3)32(33(34)19-22-35(40)39(36,7)8)20-23-37(43)42-27-14-12-10-11-13-16-31-17-15-26-41-28-31/h15,17,26,28-29,33-36H,10-14,16,18-25,27H2,1-9H3,(H,42,43)/t33?,34?,35?,36-,40+/m0/s1. The van der Waals surface area contributed by atoms with Gasteiger partial charge in [-0.05, 0) is 122 Å². The number of carbonyl (C=O) groups excluding carboxylic acids is 1. The Morgan fingerprint density at radius 1 is 1.04 bits per heavy atom. The minimum Gasteiger partial charge on any atom is -0.412 e. The molecule has 3 unspecified atom stereocenters. The lowest BCUT2D eigenvalue weighted by Gasteiger charge is -2.63. The van der Waals surface area contributed by atoms with Crippen molar-refractivity contribution < 1.29 is 9.22 Å². The number of carbonyl (C=O) groups is 1. The quantitative estimate of drug-likeness (QED) is 0.126. The van der Waals surface area contributed by atoms with E-state index < -0.39 is 9.04 Å². The van der Waals surface area contributed by atoms with Crippen molar-refractivity contribution in [2.75, 3.05) is 6.54 Å². The summed E-state index contributed by atoms with van der Waals surface area (Å²) in [7, 11) is -0.928. The maximum atomic E-state index is 12.9. The van der Waals surface area contributed by atoms with Crippen LogP contribution in [0.25, 0.3) is 0 Å². The number of fused-ring (bicyclic) bond motifs is 3. The molecule has 4 nitrogen and oxygen atoms in total. The summed E-state index contributed by atoms with van der Waals surface area (Å²) < 4.78 is 7.19. The van der Waals surface area contributed by atoms with Crippen LogP contribution in [0.5, 0.6) is 0 Å². The summed E-state index contributed by atoms with van der Waals surface area (Å²) in [5.74, 6) is 2.36. The van der Waals surface area contributed by atoms with Crippen molar-refractivity contribution >= 4 is 14.9 Å². The van der Waals surface area contributed by atoms with E-state index in [1.54, 1.807) is 11.1 Å². The second-order valence-electron chi connectivity index (χ2n) is 17.2. The number of aryl methyl sites for hydroxylation is 1. The Balaban J connectivity index is 1.25. The molecule has 3 aliphatic carbocycles. The van der Waals surface area contributed by atoms with Crippen molar-refractivity contribution in [1.82, 2.24) is 10.3 Å². The third-order valence-electron chi connectivity index (χ3n) is 12.2. The highest BCUT2D eigenvalue weighted by atomic mass is 28.3.